The van der Waals surface area contributed by atoms with Crippen LogP contribution in [0.1, 0.15) is 291 Å². The molecule has 6 heteroatoms. The van der Waals surface area contributed by atoms with E-state index in [9.17, 15) is 14.4 Å². The molecule has 0 aliphatic heterocycles. The second kappa shape index (κ2) is 46.5. The monoisotopic (exact) mass is 821 g/mol. The van der Waals surface area contributed by atoms with Gasteiger partial charge in [0.1, 0.15) is 13.2 Å². The molecule has 0 bridgehead atoms. The number of esters is 3. The Morgan fingerprint density at radius 2 is 0.569 bits per heavy atom. The van der Waals surface area contributed by atoms with Gasteiger partial charge in [0.25, 0.3) is 0 Å². The van der Waals surface area contributed by atoms with Crippen LogP contribution in [0.4, 0.5) is 0 Å². The summed E-state index contributed by atoms with van der Waals surface area (Å²) in [6.07, 6.45) is 48.1. The van der Waals surface area contributed by atoms with Crippen molar-refractivity contribution < 1.29 is 28.6 Å². The van der Waals surface area contributed by atoms with Crippen LogP contribution >= 0.6 is 0 Å². The standard InChI is InChI=1S/C52H100O6/c1-5-7-9-11-13-15-17-18-19-20-21-22-23-25-27-33-37-41-45-52(55)58-49(46-56-50(53)43-39-35-31-26-24-16-14-12-10-8-6-2)47-57-51(54)44-40-36-32-29-28-30-34-38-42-48(3)4/h48-49H,5-47H2,1-4H3/t49-/m1/s1. The molecule has 0 spiro atoms. The van der Waals surface area contributed by atoms with Gasteiger partial charge in [-0.05, 0) is 25.2 Å². The molecule has 1 atom stereocenters. The van der Waals surface area contributed by atoms with Gasteiger partial charge >= 0.3 is 17.9 Å². The molecule has 344 valence electrons. The number of hydrogen-bond acceptors (Lipinski definition) is 6. The molecule has 0 aliphatic rings. The number of unbranched alkanes of at least 4 members (excludes halogenated alkanes) is 34. The van der Waals surface area contributed by atoms with Crippen molar-refractivity contribution in [2.24, 2.45) is 5.92 Å². The van der Waals surface area contributed by atoms with Gasteiger partial charge in [0.15, 0.2) is 6.10 Å². The molecule has 6 nitrogen and oxygen atoms in total. The van der Waals surface area contributed by atoms with Crippen molar-refractivity contribution in [3.63, 3.8) is 0 Å². The van der Waals surface area contributed by atoms with Gasteiger partial charge in [-0.1, -0.05) is 252 Å². The number of rotatable bonds is 47. The summed E-state index contributed by atoms with van der Waals surface area (Å²) in [5, 5.41) is 0. The second-order valence-corrected chi connectivity index (χ2v) is 18.3. The van der Waals surface area contributed by atoms with E-state index in [1.165, 1.54) is 186 Å². The van der Waals surface area contributed by atoms with E-state index in [2.05, 4.69) is 27.7 Å². The van der Waals surface area contributed by atoms with Crippen molar-refractivity contribution >= 4 is 17.9 Å². The Balaban J connectivity index is 4.27. The van der Waals surface area contributed by atoms with Gasteiger partial charge in [0, 0.05) is 19.3 Å². The maximum Gasteiger partial charge on any atom is 0.306 e. The first-order valence-electron chi connectivity index (χ1n) is 25.9. The molecule has 0 aromatic heterocycles. The quantitative estimate of drug-likeness (QED) is 0.0346. The molecule has 0 saturated heterocycles. The zero-order valence-corrected chi connectivity index (χ0v) is 39.5. The van der Waals surface area contributed by atoms with Crippen molar-refractivity contribution in [1.82, 2.24) is 0 Å². The molecule has 0 unspecified atom stereocenters. The number of hydrogen-bond donors (Lipinski definition) is 0. The van der Waals surface area contributed by atoms with Crippen LogP contribution in [0.3, 0.4) is 0 Å². The number of ether oxygens (including phenoxy) is 3. The van der Waals surface area contributed by atoms with E-state index in [-0.39, 0.29) is 31.1 Å². The Labute approximate surface area is 361 Å². The highest BCUT2D eigenvalue weighted by molar-refractivity contribution is 5.71. The molecule has 0 radical (unpaired) electrons. The topological polar surface area (TPSA) is 78.9 Å². The van der Waals surface area contributed by atoms with Crippen LogP contribution in [-0.2, 0) is 28.6 Å². The first-order chi connectivity index (χ1) is 28.4. The van der Waals surface area contributed by atoms with Crippen LogP contribution < -0.4 is 0 Å². The summed E-state index contributed by atoms with van der Waals surface area (Å²) >= 11 is 0. The first kappa shape index (κ1) is 56.4. The SMILES string of the molecule is CCCCCCCCCCCCCCCCCCCCC(=O)O[C@H](COC(=O)CCCCCCCCCCCCC)COC(=O)CCCCCCCCCCC(C)C. The summed E-state index contributed by atoms with van der Waals surface area (Å²) in [7, 11) is 0. The molecular formula is C52H100O6. The minimum absolute atomic E-state index is 0.0633. The average molecular weight is 821 g/mol. The van der Waals surface area contributed by atoms with E-state index in [4.69, 9.17) is 14.2 Å². The lowest BCUT2D eigenvalue weighted by Gasteiger charge is -2.18. The predicted octanol–water partition coefficient (Wildman–Crippen LogP) is 16.7. The molecule has 0 N–H and O–H groups in total. The maximum absolute atomic E-state index is 12.8. The van der Waals surface area contributed by atoms with E-state index < -0.39 is 6.10 Å². The third kappa shape index (κ3) is 45.5. The lowest BCUT2D eigenvalue weighted by Crippen LogP contribution is -2.30. The van der Waals surface area contributed by atoms with Gasteiger partial charge < -0.3 is 14.2 Å². The van der Waals surface area contributed by atoms with Gasteiger partial charge in [-0.25, -0.2) is 0 Å². The Bertz CT molecular complexity index is 872. The van der Waals surface area contributed by atoms with E-state index in [0.717, 1.165) is 63.7 Å². The average Bonchev–Trinajstić information content (AvgIpc) is 3.21. The van der Waals surface area contributed by atoms with Gasteiger partial charge in [-0.15, -0.1) is 0 Å². The molecule has 58 heavy (non-hydrogen) atoms. The smallest absolute Gasteiger partial charge is 0.306 e. The molecule has 0 aromatic carbocycles. The summed E-state index contributed by atoms with van der Waals surface area (Å²) in [4.78, 5) is 37.9. The fraction of sp³-hybridized carbons (Fsp3) is 0.942. The van der Waals surface area contributed by atoms with Crippen LogP contribution in [0.15, 0.2) is 0 Å². The highest BCUT2D eigenvalue weighted by Crippen LogP contribution is 2.17. The Morgan fingerprint density at radius 1 is 0.328 bits per heavy atom. The minimum Gasteiger partial charge on any atom is -0.462 e. The molecule has 0 saturated carbocycles. The lowest BCUT2D eigenvalue weighted by atomic mass is 10.0. The molecule has 0 rings (SSSR count). The normalized spacial score (nSPS) is 11.9. The number of carbonyl (C=O) groups is 3. The number of carbonyl (C=O) groups excluding carboxylic acids is 3. The van der Waals surface area contributed by atoms with Gasteiger partial charge in [0.2, 0.25) is 0 Å². The molecule has 0 fully saturated rings. The highest BCUT2D eigenvalue weighted by Gasteiger charge is 2.19. The van der Waals surface area contributed by atoms with Crippen molar-refractivity contribution in [1.29, 1.82) is 0 Å². The van der Waals surface area contributed by atoms with Crippen LogP contribution in [0, 0.1) is 5.92 Å². The third-order valence-electron chi connectivity index (χ3n) is 11.8. The largest absolute Gasteiger partial charge is 0.462 e. The third-order valence-corrected chi connectivity index (χ3v) is 11.8. The van der Waals surface area contributed by atoms with E-state index in [0.29, 0.717) is 19.3 Å². The van der Waals surface area contributed by atoms with E-state index in [1.54, 1.807) is 0 Å². The van der Waals surface area contributed by atoms with Crippen LogP contribution in [0.5, 0.6) is 0 Å². The minimum atomic E-state index is -0.760. The van der Waals surface area contributed by atoms with Crippen LogP contribution in [0.2, 0.25) is 0 Å². The fourth-order valence-corrected chi connectivity index (χ4v) is 7.86. The van der Waals surface area contributed by atoms with Crippen molar-refractivity contribution in [2.75, 3.05) is 13.2 Å². The second-order valence-electron chi connectivity index (χ2n) is 18.3. The summed E-state index contributed by atoms with van der Waals surface area (Å²) in [5.41, 5.74) is 0. The van der Waals surface area contributed by atoms with E-state index >= 15 is 0 Å². The molecule has 0 heterocycles. The van der Waals surface area contributed by atoms with Crippen molar-refractivity contribution in [2.45, 2.75) is 297 Å². The Morgan fingerprint density at radius 3 is 0.845 bits per heavy atom. The van der Waals surface area contributed by atoms with Gasteiger partial charge in [-0.3, -0.25) is 14.4 Å². The predicted molar refractivity (Wildman–Crippen MR) is 247 cm³/mol. The molecular weight excluding hydrogens is 721 g/mol. The van der Waals surface area contributed by atoms with Gasteiger partial charge in [0.05, 0.1) is 0 Å². The fourth-order valence-electron chi connectivity index (χ4n) is 7.86. The summed E-state index contributed by atoms with van der Waals surface area (Å²) in [6, 6.07) is 0. The van der Waals surface area contributed by atoms with E-state index in [1.807, 2.05) is 0 Å². The summed E-state index contributed by atoms with van der Waals surface area (Å²) in [5.74, 6) is -0.0510. The maximum atomic E-state index is 12.8. The highest BCUT2D eigenvalue weighted by atomic mass is 16.6. The lowest BCUT2D eigenvalue weighted by molar-refractivity contribution is -0.167. The van der Waals surface area contributed by atoms with Crippen molar-refractivity contribution in [3.8, 4) is 0 Å². The van der Waals surface area contributed by atoms with Gasteiger partial charge in [-0.2, -0.15) is 0 Å². The molecule has 0 aliphatic carbocycles. The zero-order valence-electron chi connectivity index (χ0n) is 39.5. The summed E-state index contributed by atoms with van der Waals surface area (Å²) < 4.78 is 16.8. The van der Waals surface area contributed by atoms with Crippen LogP contribution in [-0.4, -0.2) is 37.2 Å². The van der Waals surface area contributed by atoms with Crippen molar-refractivity contribution in [3.05, 3.63) is 0 Å². The Hall–Kier alpha value is -1.59. The Kier molecular flexibility index (Phi) is 45.2. The molecule has 0 aromatic rings. The zero-order chi connectivity index (χ0) is 42.4. The van der Waals surface area contributed by atoms with Crippen LogP contribution in [0.25, 0.3) is 0 Å². The molecule has 0 amide bonds. The first-order valence-corrected chi connectivity index (χ1v) is 25.9. The summed E-state index contributed by atoms with van der Waals surface area (Å²) in [6.45, 7) is 8.99.